The van der Waals surface area contributed by atoms with E-state index in [2.05, 4.69) is 10.0 Å². The van der Waals surface area contributed by atoms with E-state index in [0.29, 0.717) is 18.1 Å². The van der Waals surface area contributed by atoms with Crippen LogP contribution in [0.5, 0.6) is 0 Å². The van der Waals surface area contributed by atoms with E-state index in [1.54, 1.807) is 20.8 Å². The average Bonchev–Trinajstić information content (AvgIpc) is 2.31. The van der Waals surface area contributed by atoms with Crippen molar-refractivity contribution in [3.63, 3.8) is 0 Å². The second kappa shape index (κ2) is 9.64. The zero-order valence-corrected chi connectivity index (χ0v) is 15.7. The maximum Gasteiger partial charge on any atom is 0.304 e. The largest absolute Gasteiger partial charge is 0.481 e. The molecule has 0 aliphatic carbocycles. The SMILES string of the molecule is CC(C)(C)C(NS(C)(=O)=O)C(=O)NCCSSCCC(=O)O. The fraction of sp³-hybridized carbons (Fsp3) is 0.833. The molecule has 0 radical (unpaired) electrons. The van der Waals surface area contributed by atoms with Gasteiger partial charge < -0.3 is 10.4 Å². The molecule has 1 atom stereocenters. The van der Waals surface area contributed by atoms with E-state index in [9.17, 15) is 18.0 Å². The third kappa shape index (κ3) is 11.2. The quantitative estimate of drug-likeness (QED) is 0.386. The Morgan fingerprint density at radius 3 is 2.18 bits per heavy atom. The zero-order valence-electron chi connectivity index (χ0n) is 13.2. The van der Waals surface area contributed by atoms with Gasteiger partial charge in [-0.1, -0.05) is 42.4 Å². The fourth-order valence-electron chi connectivity index (χ4n) is 1.40. The summed E-state index contributed by atoms with van der Waals surface area (Å²) in [6.07, 6.45) is 1.13. The lowest BCUT2D eigenvalue weighted by molar-refractivity contribution is -0.136. The lowest BCUT2D eigenvalue weighted by Crippen LogP contribution is -2.53. The normalized spacial score (nSPS) is 13.6. The molecular formula is C12H24N2O5S3. The van der Waals surface area contributed by atoms with Crippen LogP contribution in [0.3, 0.4) is 0 Å². The van der Waals surface area contributed by atoms with Crippen LogP contribution in [-0.4, -0.2) is 55.7 Å². The van der Waals surface area contributed by atoms with Crippen molar-refractivity contribution in [1.29, 1.82) is 0 Å². The van der Waals surface area contributed by atoms with E-state index in [-0.39, 0.29) is 12.3 Å². The standard InChI is InChI=1S/C12H24N2O5S3/c1-12(2,3)10(14-22(4,18)19)11(17)13-6-8-21-20-7-5-9(15)16/h10,14H,5-8H2,1-4H3,(H,13,17)(H,15,16). The highest BCUT2D eigenvalue weighted by molar-refractivity contribution is 8.76. The number of amides is 1. The zero-order chi connectivity index (χ0) is 17.4. The molecule has 0 saturated heterocycles. The van der Waals surface area contributed by atoms with E-state index in [1.807, 2.05) is 0 Å². The summed E-state index contributed by atoms with van der Waals surface area (Å²) in [6, 6.07) is -0.841. The molecule has 1 amide bonds. The number of sulfonamides is 1. The number of carboxylic acid groups (broad SMARTS) is 1. The fourth-order valence-corrected chi connectivity index (χ4v) is 4.18. The average molecular weight is 373 g/mol. The number of carboxylic acids is 1. The predicted octanol–water partition coefficient (Wildman–Crippen LogP) is 0.923. The van der Waals surface area contributed by atoms with E-state index in [0.717, 1.165) is 6.26 Å². The molecule has 7 nitrogen and oxygen atoms in total. The molecule has 22 heavy (non-hydrogen) atoms. The molecule has 0 bridgehead atoms. The highest BCUT2D eigenvalue weighted by Gasteiger charge is 2.33. The van der Waals surface area contributed by atoms with Gasteiger partial charge in [0.2, 0.25) is 15.9 Å². The van der Waals surface area contributed by atoms with Crippen LogP contribution < -0.4 is 10.0 Å². The number of hydrogen-bond donors (Lipinski definition) is 3. The van der Waals surface area contributed by atoms with Gasteiger partial charge in [0.25, 0.3) is 0 Å². The molecule has 0 aromatic rings. The molecule has 0 aromatic heterocycles. The number of aliphatic carboxylic acids is 1. The summed E-state index contributed by atoms with van der Waals surface area (Å²) >= 11 is 0. The van der Waals surface area contributed by atoms with Crippen molar-refractivity contribution in [3.05, 3.63) is 0 Å². The summed E-state index contributed by atoms with van der Waals surface area (Å²) < 4.78 is 25.1. The second-order valence-electron chi connectivity index (χ2n) is 5.77. The van der Waals surface area contributed by atoms with Gasteiger partial charge in [-0.3, -0.25) is 9.59 Å². The van der Waals surface area contributed by atoms with Crippen molar-refractivity contribution >= 4 is 43.5 Å². The van der Waals surface area contributed by atoms with Gasteiger partial charge in [-0.2, -0.15) is 0 Å². The summed E-state index contributed by atoms with van der Waals surface area (Å²) in [5, 5.41) is 11.2. The van der Waals surface area contributed by atoms with Gasteiger partial charge in [0.15, 0.2) is 0 Å². The molecule has 0 rings (SSSR count). The van der Waals surface area contributed by atoms with Gasteiger partial charge in [0.1, 0.15) is 6.04 Å². The van der Waals surface area contributed by atoms with Gasteiger partial charge in [-0.15, -0.1) is 0 Å². The van der Waals surface area contributed by atoms with E-state index >= 15 is 0 Å². The first-order valence-corrected chi connectivity index (χ1v) is 11.0. The molecule has 0 aromatic carbocycles. The lowest BCUT2D eigenvalue weighted by atomic mass is 9.87. The molecule has 130 valence electrons. The maximum atomic E-state index is 12.1. The summed E-state index contributed by atoms with van der Waals surface area (Å²) in [5.74, 6) is -0.0738. The van der Waals surface area contributed by atoms with Crippen LogP contribution in [0, 0.1) is 5.41 Å². The Hall–Kier alpha value is -0.450. The number of carbonyl (C=O) groups excluding carboxylic acids is 1. The molecule has 10 heteroatoms. The Kier molecular flexibility index (Phi) is 9.44. The molecule has 0 aliphatic heterocycles. The summed E-state index contributed by atoms with van der Waals surface area (Å²) in [6.45, 7) is 5.74. The number of nitrogens with one attached hydrogen (secondary N) is 2. The summed E-state index contributed by atoms with van der Waals surface area (Å²) in [7, 11) is -0.578. The first-order chi connectivity index (χ1) is 9.93. The molecular weight excluding hydrogens is 348 g/mol. The van der Waals surface area contributed by atoms with Crippen LogP contribution in [0.15, 0.2) is 0 Å². The topological polar surface area (TPSA) is 113 Å². The predicted molar refractivity (Wildman–Crippen MR) is 91.4 cm³/mol. The molecule has 0 aliphatic rings. The Morgan fingerprint density at radius 1 is 1.18 bits per heavy atom. The van der Waals surface area contributed by atoms with Crippen LogP contribution >= 0.6 is 21.6 Å². The Labute approximate surface area is 139 Å². The van der Waals surface area contributed by atoms with Crippen LogP contribution in [0.1, 0.15) is 27.2 Å². The Morgan fingerprint density at radius 2 is 1.73 bits per heavy atom. The van der Waals surface area contributed by atoms with Crippen molar-refractivity contribution in [3.8, 4) is 0 Å². The van der Waals surface area contributed by atoms with E-state index < -0.39 is 27.4 Å². The Bertz CT molecular complexity index is 474. The minimum Gasteiger partial charge on any atom is -0.481 e. The highest BCUT2D eigenvalue weighted by atomic mass is 33.1. The van der Waals surface area contributed by atoms with Crippen LogP contribution in [-0.2, 0) is 19.6 Å². The molecule has 0 fully saturated rings. The van der Waals surface area contributed by atoms with Gasteiger partial charge in [-0.05, 0) is 5.41 Å². The molecule has 0 heterocycles. The van der Waals surface area contributed by atoms with E-state index in [4.69, 9.17) is 5.11 Å². The summed E-state index contributed by atoms with van der Waals surface area (Å²) in [4.78, 5) is 22.4. The van der Waals surface area contributed by atoms with Crippen LogP contribution in [0.4, 0.5) is 0 Å². The molecule has 0 spiro atoms. The van der Waals surface area contributed by atoms with Crippen LogP contribution in [0.25, 0.3) is 0 Å². The second-order valence-corrected chi connectivity index (χ2v) is 10.2. The van der Waals surface area contributed by atoms with Crippen molar-refractivity contribution in [1.82, 2.24) is 10.0 Å². The molecule has 3 N–H and O–H groups in total. The smallest absolute Gasteiger partial charge is 0.304 e. The number of carbonyl (C=O) groups is 2. The highest BCUT2D eigenvalue weighted by Crippen LogP contribution is 2.22. The lowest BCUT2D eigenvalue weighted by Gasteiger charge is -2.29. The minimum atomic E-state index is -3.48. The summed E-state index contributed by atoms with van der Waals surface area (Å²) in [5.41, 5.74) is -0.545. The van der Waals surface area contributed by atoms with Crippen molar-refractivity contribution in [2.24, 2.45) is 5.41 Å². The van der Waals surface area contributed by atoms with E-state index in [1.165, 1.54) is 21.6 Å². The maximum absolute atomic E-state index is 12.1. The van der Waals surface area contributed by atoms with Crippen molar-refractivity contribution < 1.29 is 23.1 Å². The van der Waals surface area contributed by atoms with Crippen molar-refractivity contribution in [2.75, 3.05) is 24.3 Å². The molecule has 1 unspecified atom stereocenters. The third-order valence-electron chi connectivity index (χ3n) is 2.43. The first-order valence-electron chi connectivity index (χ1n) is 6.64. The van der Waals surface area contributed by atoms with Crippen LogP contribution in [0.2, 0.25) is 0 Å². The monoisotopic (exact) mass is 372 g/mol. The van der Waals surface area contributed by atoms with Crippen molar-refractivity contribution in [2.45, 2.75) is 33.2 Å². The first kappa shape index (κ1) is 21.6. The van der Waals surface area contributed by atoms with Gasteiger partial charge in [0.05, 0.1) is 12.7 Å². The third-order valence-corrected chi connectivity index (χ3v) is 5.50. The number of rotatable bonds is 10. The van der Waals surface area contributed by atoms with Gasteiger partial charge in [0, 0.05) is 18.1 Å². The van der Waals surface area contributed by atoms with Gasteiger partial charge in [-0.25, -0.2) is 13.1 Å². The minimum absolute atomic E-state index is 0.106. The molecule has 0 saturated carbocycles. The number of hydrogen-bond acceptors (Lipinski definition) is 6. The Balaban J connectivity index is 4.17. The van der Waals surface area contributed by atoms with Gasteiger partial charge >= 0.3 is 5.97 Å².